The number of nitrogens with one attached hydrogen (secondary N) is 1. The van der Waals surface area contributed by atoms with Crippen LogP contribution in [0.5, 0.6) is 0 Å². The molecule has 1 aromatic carbocycles. The molecule has 1 aromatic rings. The van der Waals surface area contributed by atoms with Gasteiger partial charge in [0.25, 0.3) is 5.69 Å². The van der Waals surface area contributed by atoms with Gasteiger partial charge in [0.15, 0.2) is 0 Å². The Balaban J connectivity index is 1.37. The summed E-state index contributed by atoms with van der Waals surface area (Å²) < 4.78 is 16.3. The number of ether oxygens (including phenoxy) is 3. The summed E-state index contributed by atoms with van der Waals surface area (Å²) in [7, 11) is 3.65. The summed E-state index contributed by atoms with van der Waals surface area (Å²) in [4.78, 5) is 22.3. The third-order valence-corrected chi connectivity index (χ3v) is 7.20. The monoisotopic (exact) mass is 500 g/mol. The minimum atomic E-state index is -0.516. The Morgan fingerprint density at radius 3 is 2.58 bits per heavy atom. The zero-order chi connectivity index (χ0) is 23.7. The molecule has 1 heterocycles. The van der Waals surface area contributed by atoms with Crippen LogP contribution in [0.1, 0.15) is 36.8 Å². The van der Waals surface area contributed by atoms with Crippen LogP contribution in [0.15, 0.2) is 29.7 Å². The molecule has 1 amide bonds. The Bertz CT molecular complexity index is 764. The average Bonchev–Trinajstić information content (AvgIpc) is 3.33. The lowest BCUT2D eigenvalue weighted by Crippen LogP contribution is -2.27. The molecule has 2 rings (SSSR count). The number of rotatable bonds is 18. The van der Waals surface area contributed by atoms with Gasteiger partial charge in [0.1, 0.15) is 0 Å². The van der Waals surface area contributed by atoms with Gasteiger partial charge in [-0.2, -0.15) is 0 Å². The Morgan fingerprint density at radius 2 is 1.88 bits per heavy atom. The number of hydrogen-bond donors (Lipinski definition) is 2. The maximum atomic E-state index is 11.8. The molecule has 1 aliphatic rings. The van der Waals surface area contributed by atoms with Gasteiger partial charge in [-0.25, -0.2) is 0 Å². The van der Waals surface area contributed by atoms with Crippen molar-refractivity contribution in [2.75, 3.05) is 39.6 Å². The van der Waals surface area contributed by atoms with E-state index in [1.54, 1.807) is 16.9 Å². The summed E-state index contributed by atoms with van der Waals surface area (Å²) in [6.45, 7) is 2.34. The van der Waals surface area contributed by atoms with Gasteiger partial charge in [-0.15, -0.1) is 0 Å². The van der Waals surface area contributed by atoms with Crippen molar-refractivity contribution in [2.45, 2.75) is 44.1 Å². The highest BCUT2D eigenvalue weighted by Gasteiger charge is 2.13. The van der Waals surface area contributed by atoms with Gasteiger partial charge in [0.05, 0.1) is 56.7 Å². The van der Waals surface area contributed by atoms with E-state index in [1.807, 2.05) is 10.8 Å². The number of aliphatic hydroxyl groups excluding tert-OH is 1. The van der Waals surface area contributed by atoms with Crippen molar-refractivity contribution < 1.29 is 29.0 Å². The molecule has 1 atom stereocenters. The standard InChI is InChI=1S/C22H32N2O7S2/c25-16-19-6-5-18(15-21(19)24(27)28)17-31-13-12-30-11-10-29-9-8-23-22(26)4-2-1-3-20-7-14-32-33-20/h5-7,14-15,20,25H,1-4,8-13,16-17H2,(H,23,26). The Hall–Kier alpha value is -1.63. The fraction of sp³-hybridized carbons (Fsp3) is 0.591. The van der Waals surface area contributed by atoms with Crippen LogP contribution in [0.2, 0.25) is 0 Å². The Morgan fingerprint density at radius 1 is 1.12 bits per heavy atom. The van der Waals surface area contributed by atoms with Crippen LogP contribution in [-0.4, -0.2) is 60.8 Å². The first-order valence-corrected chi connectivity index (χ1v) is 13.2. The first-order valence-electron chi connectivity index (χ1n) is 11.0. The molecular weight excluding hydrogens is 468 g/mol. The number of nitro benzene ring substituents is 1. The zero-order valence-electron chi connectivity index (χ0n) is 18.6. The van der Waals surface area contributed by atoms with Gasteiger partial charge in [0, 0.05) is 24.3 Å². The molecule has 0 spiro atoms. The molecule has 33 heavy (non-hydrogen) atoms. The van der Waals surface area contributed by atoms with Crippen molar-refractivity contribution in [2.24, 2.45) is 0 Å². The van der Waals surface area contributed by atoms with E-state index >= 15 is 0 Å². The molecule has 11 heteroatoms. The van der Waals surface area contributed by atoms with E-state index in [4.69, 9.17) is 19.3 Å². The fourth-order valence-corrected chi connectivity index (χ4v) is 5.27. The van der Waals surface area contributed by atoms with Gasteiger partial charge in [-0.3, -0.25) is 14.9 Å². The number of benzene rings is 1. The molecule has 0 fully saturated rings. The van der Waals surface area contributed by atoms with Gasteiger partial charge < -0.3 is 24.6 Å². The van der Waals surface area contributed by atoms with Crippen LogP contribution >= 0.6 is 21.6 Å². The lowest BCUT2D eigenvalue weighted by atomic mass is 10.1. The highest BCUT2D eigenvalue weighted by molar-refractivity contribution is 8.78. The molecule has 184 valence electrons. The number of carbonyl (C=O) groups is 1. The van der Waals surface area contributed by atoms with Crippen LogP contribution in [-0.2, 0) is 32.2 Å². The van der Waals surface area contributed by atoms with Crippen molar-refractivity contribution in [1.82, 2.24) is 5.32 Å². The molecule has 9 nitrogen and oxygen atoms in total. The molecular formula is C22H32N2O7S2. The van der Waals surface area contributed by atoms with Crippen LogP contribution in [0, 0.1) is 10.1 Å². The van der Waals surface area contributed by atoms with E-state index in [2.05, 4.69) is 16.8 Å². The van der Waals surface area contributed by atoms with E-state index in [0.717, 1.165) is 19.3 Å². The predicted octanol–water partition coefficient (Wildman–Crippen LogP) is 3.59. The number of unbranched alkanes of at least 4 members (excludes halogenated alkanes) is 1. The van der Waals surface area contributed by atoms with Crippen molar-refractivity contribution in [1.29, 1.82) is 0 Å². The van der Waals surface area contributed by atoms with Crippen LogP contribution in [0.4, 0.5) is 5.69 Å². The lowest BCUT2D eigenvalue weighted by molar-refractivity contribution is -0.385. The molecule has 0 aromatic heterocycles. The summed E-state index contributed by atoms with van der Waals surface area (Å²) in [5, 5.41) is 25.7. The second-order valence-corrected chi connectivity index (χ2v) is 9.73. The molecule has 1 unspecified atom stereocenters. The van der Waals surface area contributed by atoms with Gasteiger partial charge in [-0.05, 0) is 29.9 Å². The molecule has 0 aliphatic carbocycles. The smallest absolute Gasteiger partial charge is 0.275 e. The molecule has 0 bridgehead atoms. The number of hydrogen-bond acceptors (Lipinski definition) is 9. The van der Waals surface area contributed by atoms with Gasteiger partial charge in [-0.1, -0.05) is 40.2 Å². The summed E-state index contributed by atoms with van der Waals surface area (Å²) >= 11 is 0. The van der Waals surface area contributed by atoms with Gasteiger partial charge >= 0.3 is 0 Å². The highest BCUT2D eigenvalue weighted by atomic mass is 33.1. The van der Waals surface area contributed by atoms with E-state index in [9.17, 15) is 14.9 Å². The van der Waals surface area contributed by atoms with Crippen LogP contribution in [0.25, 0.3) is 0 Å². The van der Waals surface area contributed by atoms with E-state index in [-0.39, 0.29) is 30.4 Å². The SMILES string of the molecule is O=C(CCCCC1C=CSS1)NCCOCCOCCOCc1ccc(CO)c([N+](=O)[O-])c1. The second kappa shape index (κ2) is 16.9. The topological polar surface area (TPSA) is 120 Å². The fourth-order valence-electron chi connectivity index (χ4n) is 3.01. The quantitative estimate of drug-likeness (QED) is 0.135. The summed E-state index contributed by atoms with van der Waals surface area (Å²) in [5.74, 6) is 0.0623. The molecule has 0 radical (unpaired) electrons. The van der Waals surface area contributed by atoms with Crippen molar-refractivity contribution in [3.8, 4) is 0 Å². The normalized spacial score (nSPS) is 15.1. The summed E-state index contributed by atoms with van der Waals surface area (Å²) in [5.41, 5.74) is 0.824. The number of aliphatic hydroxyl groups is 1. The predicted molar refractivity (Wildman–Crippen MR) is 130 cm³/mol. The summed E-state index contributed by atoms with van der Waals surface area (Å²) in [6.07, 6.45) is 5.86. The first kappa shape index (κ1) is 27.6. The Kier molecular flexibility index (Phi) is 14.1. The average molecular weight is 501 g/mol. The molecule has 1 aliphatic heterocycles. The van der Waals surface area contributed by atoms with E-state index < -0.39 is 4.92 Å². The van der Waals surface area contributed by atoms with E-state index in [1.165, 1.54) is 12.1 Å². The highest BCUT2D eigenvalue weighted by Crippen LogP contribution is 2.37. The Labute approximate surface area is 202 Å². The van der Waals surface area contributed by atoms with Crippen LogP contribution in [0.3, 0.4) is 0 Å². The number of nitrogens with zero attached hydrogens (tertiary/aromatic N) is 1. The number of nitro groups is 1. The van der Waals surface area contributed by atoms with Gasteiger partial charge in [0.2, 0.25) is 5.91 Å². The third-order valence-electron chi connectivity index (χ3n) is 4.77. The number of carbonyl (C=O) groups excluding carboxylic acids is 1. The first-order chi connectivity index (χ1) is 16.1. The van der Waals surface area contributed by atoms with Crippen molar-refractivity contribution >= 4 is 33.2 Å². The lowest BCUT2D eigenvalue weighted by Gasteiger charge is -2.09. The minimum absolute atomic E-state index is 0.0623. The molecule has 2 N–H and O–H groups in total. The summed E-state index contributed by atoms with van der Waals surface area (Å²) in [6, 6.07) is 4.63. The molecule has 0 saturated heterocycles. The maximum Gasteiger partial charge on any atom is 0.275 e. The minimum Gasteiger partial charge on any atom is -0.391 e. The maximum absolute atomic E-state index is 11.8. The van der Waals surface area contributed by atoms with E-state index in [0.29, 0.717) is 56.8 Å². The van der Waals surface area contributed by atoms with Crippen molar-refractivity contribution in [3.63, 3.8) is 0 Å². The van der Waals surface area contributed by atoms with Crippen LogP contribution < -0.4 is 5.32 Å². The van der Waals surface area contributed by atoms with Crippen molar-refractivity contribution in [3.05, 3.63) is 50.9 Å². The second-order valence-electron chi connectivity index (χ2n) is 7.31. The third kappa shape index (κ3) is 11.9. The largest absolute Gasteiger partial charge is 0.391 e. The molecule has 0 saturated carbocycles. The zero-order valence-corrected chi connectivity index (χ0v) is 20.2. The number of amides is 1.